The van der Waals surface area contributed by atoms with Gasteiger partial charge in [-0.25, -0.2) is 4.98 Å². The first-order valence-corrected chi connectivity index (χ1v) is 5.09. The van der Waals surface area contributed by atoms with E-state index in [0.29, 0.717) is 11.4 Å². The Morgan fingerprint density at radius 2 is 1.81 bits per heavy atom. The lowest BCUT2D eigenvalue weighted by atomic mass is 10.1. The van der Waals surface area contributed by atoms with Crippen molar-refractivity contribution >= 4 is 11.6 Å². The Hall–Kier alpha value is -2.16. The number of carbonyl (C=O) groups excluding carboxylic acids is 1. The highest BCUT2D eigenvalue weighted by molar-refractivity contribution is 5.98. The predicted octanol–water partition coefficient (Wildman–Crippen LogP) is 2.38. The van der Waals surface area contributed by atoms with E-state index in [9.17, 15) is 4.79 Å². The van der Waals surface area contributed by atoms with E-state index < -0.39 is 0 Å². The first-order chi connectivity index (χ1) is 7.86. The molecule has 0 spiro atoms. The van der Waals surface area contributed by atoms with Crippen LogP contribution >= 0.6 is 0 Å². The van der Waals surface area contributed by atoms with Gasteiger partial charge in [-0.15, -0.1) is 0 Å². The lowest BCUT2D eigenvalue weighted by Gasteiger charge is -2.04. The van der Waals surface area contributed by atoms with Crippen molar-refractivity contribution in [3.05, 3.63) is 60.3 Å². The number of ketones is 1. The molecular formula is C13H12N2O. The van der Waals surface area contributed by atoms with Crippen molar-refractivity contribution in [3.8, 4) is 0 Å². The average molecular weight is 212 g/mol. The summed E-state index contributed by atoms with van der Waals surface area (Å²) in [5, 5.41) is 2.98. The van der Waals surface area contributed by atoms with Gasteiger partial charge in [-0.05, 0) is 12.1 Å². The first-order valence-electron chi connectivity index (χ1n) is 5.09. The van der Waals surface area contributed by atoms with E-state index in [0.717, 1.165) is 0 Å². The molecule has 2 aromatic rings. The number of Topliss-reactive ketones (excluding diaryl/α,β-unsaturated/α-hetero) is 1. The minimum Gasteiger partial charge on any atom is -0.363 e. The second kappa shape index (κ2) is 5.07. The number of hydrogen-bond donors (Lipinski definition) is 1. The summed E-state index contributed by atoms with van der Waals surface area (Å²) in [7, 11) is 0. The number of nitrogens with one attached hydrogen (secondary N) is 1. The third kappa shape index (κ3) is 2.67. The molecule has 0 unspecified atom stereocenters. The van der Waals surface area contributed by atoms with Crippen LogP contribution in [0.4, 0.5) is 5.82 Å². The molecule has 1 aromatic heterocycles. The lowest BCUT2D eigenvalue weighted by Crippen LogP contribution is -2.14. The van der Waals surface area contributed by atoms with Crippen LogP contribution in [0.25, 0.3) is 0 Å². The Morgan fingerprint density at radius 1 is 1.06 bits per heavy atom. The molecule has 0 saturated heterocycles. The van der Waals surface area contributed by atoms with Crippen LogP contribution in [-0.2, 0) is 0 Å². The molecule has 1 heterocycles. The van der Waals surface area contributed by atoms with Gasteiger partial charge in [-0.2, -0.15) is 0 Å². The van der Waals surface area contributed by atoms with Gasteiger partial charge in [0.05, 0.1) is 6.54 Å². The minimum atomic E-state index is 0.0613. The van der Waals surface area contributed by atoms with Crippen molar-refractivity contribution in [1.82, 2.24) is 4.98 Å². The normalized spacial score (nSPS) is 9.75. The summed E-state index contributed by atoms with van der Waals surface area (Å²) < 4.78 is 0. The van der Waals surface area contributed by atoms with Crippen LogP contribution in [0, 0.1) is 0 Å². The van der Waals surface area contributed by atoms with E-state index in [1.165, 1.54) is 0 Å². The quantitative estimate of drug-likeness (QED) is 0.791. The Balaban J connectivity index is 1.95. The van der Waals surface area contributed by atoms with Gasteiger partial charge in [0.25, 0.3) is 0 Å². The monoisotopic (exact) mass is 212 g/mol. The fraction of sp³-hybridized carbons (Fsp3) is 0.0769. The Kier molecular flexibility index (Phi) is 3.28. The molecule has 16 heavy (non-hydrogen) atoms. The number of anilines is 1. The SMILES string of the molecule is O=C(CNc1ccccn1)c1ccccc1. The van der Waals surface area contributed by atoms with Crippen LogP contribution in [0.5, 0.6) is 0 Å². The maximum Gasteiger partial charge on any atom is 0.181 e. The van der Waals surface area contributed by atoms with Gasteiger partial charge in [0.2, 0.25) is 0 Å². The molecule has 0 bridgehead atoms. The molecule has 2 rings (SSSR count). The predicted molar refractivity (Wildman–Crippen MR) is 63.5 cm³/mol. The molecule has 0 aliphatic rings. The van der Waals surface area contributed by atoms with Gasteiger partial charge in [0.1, 0.15) is 5.82 Å². The van der Waals surface area contributed by atoms with Crippen LogP contribution < -0.4 is 5.32 Å². The van der Waals surface area contributed by atoms with Crippen molar-refractivity contribution in [2.24, 2.45) is 0 Å². The molecule has 1 N–H and O–H groups in total. The van der Waals surface area contributed by atoms with E-state index in [1.807, 2.05) is 48.5 Å². The van der Waals surface area contributed by atoms with Gasteiger partial charge in [0, 0.05) is 11.8 Å². The zero-order valence-electron chi connectivity index (χ0n) is 8.76. The number of carbonyl (C=O) groups is 1. The highest BCUT2D eigenvalue weighted by Crippen LogP contribution is 2.03. The second-order valence-electron chi connectivity index (χ2n) is 3.36. The van der Waals surface area contributed by atoms with Crippen LogP contribution in [0.1, 0.15) is 10.4 Å². The topological polar surface area (TPSA) is 42.0 Å². The van der Waals surface area contributed by atoms with Crippen LogP contribution in [0.2, 0.25) is 0 Å². The van der Waals surface area contributed by atoms with E-state index >= 15 is 0 Å². The smallest absolute Gasteiger partial charge is 0.181 e. The summed E-state index contributed by atoms with van der Waals surface area (Å²) in [5.41, 5.74) is 0.714. The summed E-state index contributed by atoms with van der Waals surface area (Å²) in [4.78, 5) is 15.8. The fourth-order valence-electron chi connectivity index (χ4n) is 1.36. The standard InChI is InChI=1S/C13H12N2O/c16-12(11-6-2-1-3-7-11)10-15-13-8-4-5-9-14-13/h1-9H,10H2,(H,14,15). The molecular weight excluding hydrogens is 200 g/mol. The molecule has 0 atom stereocenters. The third-order valence-corrected chi connectivity index (χ3v) is 2.19. The van der Waals surface area contributed by atoms with Gasteiger partial charge >= 0.3 is 0 Å². The van der Waals surface area contributed by atoms with Crippen LogP contribution in [0.15, 0.2) is 54.7 Å². The molecule has 3 heteroatoms. The van der Waals surface area contributed by atoms with Crippen LogP contribution in [-0.4, -0.2) is 17.3 Å². The van der Waals surface area contributed by atoms with Crippen molar-refractivity contribution in [2.45, 2.75) is 0 Å². The largest absolute Gasteiger partial charge is 0.363 e. The van der Waals surface area contributed by atoms with E-state index in [4.69, 9.17) is 0 Å². The molecule has 0 aliphatic carbocycles. The van der Waals surface area contributed by atoms with E-state index in [1.54, 1.807) is 6.20 Å². The minimum absolute atomic E-state index is 0.0613. The molecule has 3 nitrogen and oxygen atoms in total. The summed E-state index contributed by atoms with van der Waals surface area (Å²) in [6.45, 7) is 0.265. The Morgan fingerprint density at radius 3 is 2.50 bits per heavy atom. The zero-order chi connectivity index (χ0) is 11.2. The van der Waals surface area contributed by atoms with Crippen molar-refractivity contribution in [3.63, 3.8) is 0 Å². The number of hydrogen-bond acceptors (Lipinski definition) is 3. The summed E-state index contributed by atoms with van der Waals surface area (Å²) in [6.07, 6.45) is 1.69. The molecule has 0 radical (unpaired) electrons. The average Bonchev–Trinajstić information content (AvgIpc) is 2.38. The van der Waals surface area contributed by atoms with Crippen molar-refractivity contribution in [1.29, 1.82) is 0 Å². The number of aromatic nitrogens is 1. The van der Waals surface area contributed by atoms with Gasteiger partial charge in [-0.1, -0.05) is 36.4 Å². The maximum atomic E-state index is 11.7. The van der Waals surface area contributed by atoms with E-state index in [2.05, 4.69) is 10.3 Å². The summed E-state index contributed by atoms with van der Waals surface area (Å²) in [6, 6.07) is 14.8. The van der Waals surface area contributed by atoms with Gasteiger partial charge in [-0.3, -0.25) is 4.79 Å². The molecule has 1 aromatic carbocycles. The number of nitrogens with zero attached hydrogens (tertiary/aromatic N) is 1. The summed E-state index contributed by atoms with van der Waals surface area (Å²) >= 11 is 0. The molecule has 0 amide bonds. The lowest BCUT2D eigenvalue weighted by molar-refractivity contribution is 0.101. The number of benzene rings is 1. The third-order valence-electron chi connectivity index (χ3n) is 2.19. The van der Waals surface area contributed by atoms with E-state index in [-0.39, 0.29) is 12.3 Å². The number of pyridine rings is 1. The summed E-state index contributed by atoms with van der Waals surface area (Å²) in [5.74, 6) is 0.776. The Labute approximate surface area is 94.1 Å². The second-order valence-corrected chi connectivity index (χ2v) is 3.36. The highest BCUT2D eigenvalue weighted by atomic mass is 16.1. The highest BCUT2D eigenvalue weighted by Gasteiger charge is 2.03. The molecule has 0 aliphatic heterocycles. The van der Waals surface area contributed by atoms with Crippen molar-refractivity contribution < 1.29 is 4.79 Å². The zero-order valence-corrected chi connectivity index (χ0v) is 8.76. The first kappa shape index (κ1) is 10.4. The Bertz CT molecular complexity index is 454. The molecule has 0 saturated carbocycles. The number of rotatable bonds is 4. The van der Waals surface area contributed by atoms with Crippen molar-refractivity contribution in [2.75, 3.05) is 11.9 Å². The maximum absolute atomic E-state index is 11.7. The van der Waals surface area contributed by atoms with Gasteiger partial charge in [0.15, 0.2) is 5.78 Å². The molecule has 0 fully saturated rings. The van der Waals surface area contributed by atoms with Gasteiger partial charge < -0.3 is 5.32 Å². The van der Waals surface area contributed by atoms with Crippen LogP contribution in [0.3, 0.4) is 0 Å². The fourth-order valence-corrected chi connectivity index (χ4v) is 1.36. The molecule has 80 valence electrons.